The van der Waals surface area contributed by atoms with Crippen LogP contribution in [0.5, 0.6) is 11.5 Å². The highest BCUT2D eigenvalue weighted by Gasteiger charge is 2.28. The summed E-state index contributed by atoms with van der Waals surface area (Å²) in [6.07, 6.45) is 5.37. The summed E-state index contributed by atoms with van der Waals surface area (Å²) < 4.78 is 10.8. The molecule has 3 heterocycles. The summed E-state index contributed by atoms with van der Waals surface area (Å²) in [5.74, 6) is 1.54. The summed E-state index contributed by atoms with van der Waals surface area (Å²) >= 11 is 0. The van der Waals surface area contributed by atoms with Gasteiger partial charge in [0.05, 0.1) is 11.0 Å². The van der Waals surface area contributed by atoms with Crippen LogP contribution in [0.25, 0.3) is 11.0 Å². The average Bonchev–Trinajstić information content (AvgIpc) is 3.22. The molecule has 0 N–H and O–H groups in total. The van der Waals surface area contributed by atoms with Gasteiger partial charge in [-0.15, -0.1) is 0 Å². The number of Topliss-reactive ketones (excluding diaryl/α,β-unsaturated/α-hetero) is 1. The number of benzene rings is 2. The van der Waals surface area contributed by atoms with Gasteiger partial charge in [0.2, 0.25) is 6.79 Å². The van der Waals surface area contributed by atoms with Crippen molar-refractivity contribution < 1.29 is 14.3 Å². The number of piperidine rings is 1. The van der Waals surface area contributed by atoms with E-state index < -0.39 is 0 Å². The molecule has 142 valence electrons. The minimum Gasteiger partial charge on any atom is -0.454 e. The first-order valence-electron chi connectivity index (χ1n) is 9.63. The lowest BCUT2D eigenvalue weighted by Gasteiger charge is -2.32. The number of hydrogen-bond donors (Lipinski definition) is 0. The van der Waals surface area contributed by atoms with Gasteiger partial charge in [0.25, 0.3) is 0 Å². The number of hydrogen-bond acceptors (Lipinski definition) is 6. The maximum Gasteiger partial charge on any atom is 0.231 e. The van der Waals surface area contributed by atoms with E-state index in [9.17, 15) is 4.79 Å². The van der Waals surface area contributed by atoms with E-state index in [-0.39, 0.29) is 18.5 Å². The van der Waals surface area contributed by atoms with Gasteiger partial charge in [-0.1, -0.05) is 12.1 Å². The number of carbonyl (C=O) groups is 1. The van der Waals surface area contributed by atoms with Gasteiger partial charge in [0, 0.05) is 37.0 Å². The van der Waals surface area contributed by atoms with Gasteiger partial charge >= 0.3 is 0 Å². The number of para-hydroxylation sites is 1. The number of rotatable bonds is 4. The van der Waals surface area contributed by atoms with Crippen molar-refractivity contribution in [2.24, 2.45) is 5.92 Å². The van der Waals surface area contributed by atoms with Gasteiger partial charge in [-0.2, -0.15) is 0 Å². The van der Waals surface area contributed by atoms with Gasteiger partial charge in [-0.05, 0) is 49.2 Å². The van der Waals surface area contributed by atoms with Gasteiger partial charge in [0.15, 0.2) is 17.3 Å². The van der Waals surface area contributed by atoms with Crippen LogP contribution in [0.15, 0.2) is 48.8 Å². The topological polar surface area (TPSA) is 64.6 Å². The summed E-state index contributed by atoms with van der Waals surface area (Å²) in [7, 11) is 0. The fourth-order valence-corrected chi connectivity index (χ4v) is 4.12. The molecule has 0 aliphatic carbocycles. The van der Waals surface area contributed by atoms with E-state index in [0.717, 1.165) is 49.1 Å². The minimum atomic E-state index is -0.00446. The molecule has 6 heteroatoms. The Morgan fingerprint density at radius 1 is 1.11 bits per heavy atom. The van der Waals surface area contributed by atoms with Crippen LogP contribution in [0.2, 0.25) is 0 Å². The summed E-state index contributed by atoms with van der Waals surface area (Å²) in [5.41, 5.74) is 3.70. The second-order valence-electron chi connectivity index (χ2n) is 7.35. The van der Waals surface area contributed by atoms with Gasteiger partial charge in [0.1, 0.15) is 0 Å². The van der Waals surface area contributed by atoms with E-state index in [4.69, 9.17) is 9.47 Å². The highest BCUT2D eigenvalue weighted by molar-refractivity contribution is 5.98. The Labute approximate surface area is 163 Å². The zero-order valence-corrected chi connectivity index (χ0v) is 15.5. The zero-order valence-electron chi connectivity index (χ0n) is 15.5. The molecule has 0 bridgehead atoms. The number of ketones is 1. The normalized spacial score (nSPS) is 19.1. The van der Waals surface area contributed by atoms with Gasteiger partial charge < -0.3 is 9.47 Å². The second kappa shape index (κ2) is 7.20. The summed E-state index contributed by atoms with van der Waals surface area (Å²) in [4.78, 5) is 24.3. The summed E-state index contributed by atoms with van der Waals surface area (Å²) in [6, 6.07) is 11.6. The van der Waals surface area contributed by atoms with Gasteiger partial charge in [-0.3, -0.25) is 19.7 Å². The monoisotopic (exact) mass is 375 g/mol. The number of fused-ring (bicyclic) bond motifs is 2. The zero-order chi connectivity index (χ0) is 18.9. The van der Waals surface area contributed by atoms with E-state index in [0.29, 0.717) is 17.1 Å². The second-order valence-corrected chi connectivity index (χ2v) is 7.35. The third kappa shape index (κ3) is 3.20. The number of carbonyl (C=O) groups excluding carboxylic acids is 1. The molecule has 28 heavy (non-hydrogen) atoms. The lowest BCUT2D eigenvalue weighted by atomic mass is 9.89. The molecule has 2 aromatic carbocycles. The van der Waals surface area contributed by atoms with Crippen LogP contribution in [-0.4, -0.2) is 40.5 Å². The van der Waals surface area contributed by atoms with Crippen LogP contribution in [0.1, 0.15) is 28.8 Å². The summed E-state index contributed by atoms with van der Waals surface area (Å²) in [5, 5.41) is 0. The quantitative estimate of drug-likeness (QED) is 0.651. The predicted molar refractivity (Wildman–Crippen MR) is 104 cm³/mol. The Morgan fingerprint density at radius 2 is 2.00 bits per heavy atom. The Balaban J connectivity index is 1.32. The van der Waals surface area contributed by atoms with Crippen molar-refractivity contribution in [3.63, 3.8) is 0 Å². The SMILES string of the molecule is O=C(c1ccc2c(c1)OCO2)C1CCCN(Cc2cccc3nccnc23)C1. The molecule has 1 fully saturated rings. The van der Waals surface area contributed by atoms with E-state index in [2.05, 4.69) is 20.9 Å². The van der Waals surface area contributed by atoms with Crippen molar-refractivity contribution in [3.05, 3.63) is 59.9 Å². The molecular formula is C22H21N3O3. The van der Waals surface area contributed by atoms with Crippen molar-refractivity contribution in [2.75, 3.05) is 19.9 Å². The van der Waals surface area contributed by atoms with E-state index in [1.54, 1.807) is 12.4 Å². The fraction of sp³-hybridized carbons (Fsp3) is 0.318. The van der Waals surface area contributed by atoms with E-state index in [1.165, 1.54) is 0 Å². The summed E-state index contributed by atoms with van der Waals surface area (Å²) in [6.45, 7) is 2.74. The average molecular weight is 375 g/mol. The standard InChI is InChI=1S/C22H21N3O3/c26-22(15-6-7-19-20(11-15)28-14-27-19)17-4-2-10-25(13-17)12-16-3-1-5-18-21(16)24-9-8-23-18/h1,3,5-9,11,17H,2,4,10,12-14H2. The third-order valence-corrected chi connectivity index (χ3v) is 5.51. The number of nitrogens with zero attached hydrogens (tertiary/aromatic N) is 3. The molecule has 0 amide bonds. The molecule has 5 rings (SSSR count). The smallest absolute Gasteiger partial charge is 0.231 e. The molecule has 0 saturated carbocycles. The van der Waals surface area contributed by atoms with Crippen molar-refractivity contribution in [3.8, 4) is 11.5 Å². The van der Waals surface area contributed by atoms with Gasteiger partial charge in [-0.25, -0.2) is 0 Å². The molecule has 2 aliphatic rings. The third-order valence-electron chi connectivity index (χ3n) is 5.51. The molecular weight excluding hydrogens is 354 g/mol. The molecule has 1 atom stereocenters. The minimum absolute atomic E-state index is 0.00446. The van der Waals surface area contributed by atoms with Crippen molar-refractivity contribution in [1.82, 2.24) is 14.9 Å². The molecule has 0 spiro atoms. The van der Waals surface area contributed by atoms with Crippen LogP contribution < -0.4 is 9.47 Å². The lowest BCUT2D eigenvalue weighted by Crippen LogP contribution is -2.38. The Bertz CT molecular complexity index is 1030. The fourth-order valence-electron chi connectivity index (χ4n) is 4.12. The molecule has 6 nitrogen and oxygen atoms in total. The first-order chi connectivity index (χ1) is 13.8. The Morgan fingerprint density at radius 3 is 2.96 bits per heavy atom. The molecule has 2 aliphatic heterocycles. The van der Waals surface area contributed by atoms with Crippen LogP contribution in [-0.2, 0) is 6.54 Å². The first kappa shape index (κ1) is 17.1. The van der Waals surface area contributed by atoms with E-state index >= 15 is 0 Å². The predicted octanol–water partition coefficient (Wildman–Crippen LogP) is 3.45. The molecule has 1 unspecified atom stereocenters. The lowest BCUT2D eigenvalue weighted by molar-refractivity contribution is 0.0811. The molecule has 1 aromatic heterocycles. The first-order valence-corrected chi connectivity index (χ1v) is 9.63. The van der Waals surface area contributed by atoms with Crippen molar-refractivity contribution in [2.45, 2.75) is 19.4 Å². The van der Waals surface area contributed by atoms with Crippen LogP contribution in [0.4, 0.5) is 0 Å². The van der Waals surface area contributed by atoms with E-state index in [1.807, 2.05) is 30.3 Å². The number of aromatic nitrogens is 2. The van der Waals surface area contributed by atoms with Crippen molar-refractivity contribution >= 4 is 16.8 Å². The van der Waals surface area contributed by atoms with Crippen LogP contribution >= 0.6 is 0 Å². The number of likely N-dealkylation sites (tertiary alicyclic amines) is 1. The maximum atomic E-state index is 13.1. The Hall–Kier alpha value is -2.99. The van der Waals surface area contributed by atoms with Crippen molar-refractivity contribution in [1.29, 1.82) is 0 Å². The Kier molecular flexibility index (Phi) is 4.41. The molecule has 0 radical (unpaired) electrons. The highest BCUT2D eigenvalue weighted by atomic mass is 16.7. The van der Waals surface area contributed by atoms with Crippen LogP contribution in [0, 0.1) is 5.92 Å². The van der Waals surface area contributed by atoms with Crippen LogP contribution in [0.3, 0.4) is 0 Å². The molecule has 3 aromatic rings. The number of ether oxygens (including phenoxy) is 2. The largest absolute Gasteiger partial charge is 0.454 e. The highest BCUT2D eigenvalue weighted by Crippen LogP contribution is 2.34. The maximum absolute atomic E-state index is 13.1. The molecule has 1 saturated heterocycles.